The minimum Gasteiger partial charge on any atom is -0.326 e. The summed E-state index contributed by atoms with van der Waals surface area (Å²) in [6.07, 6.45) is 0.250. The van der Waals surface area contributed by atoms with Gasteiger partial charge in [-0.2, -0.15) is 0 Å². The first-order valence-corrected chi connectivity index (χ1v) is 8.21. The molecule has 126 valence electrons. The minimum atomic E-state index is -0.121. The Morgan fingerprint density at radius 2 is 1.80 bits per heavy atom. The number of nitrogens with zero attached hydrogens (tertiary/aromatic N) is 1. The number of para-hydroxylation sites is 1. The Morgan fingerprint density at radius 3 is 2.56 bits per heavy atom. The molecule has 4 nitrogen and oxygen atoms in total. The molecular formula is C21H20N2O2. The van der Waals surface area contributed by atoms with Crippen LogP contribution in [0.1, 0.15) is 34.1 Å². The normalized spacial score (nSPS) is 10.7. The average Bonchev–Trinajstić information content (AvgIpc) is 2.59. The van der Waals surface area contributed by atoms with Crippen molar-refractivity contribution in [1.29, 1.82) is 0 Å². The molecule has 0 bridgehead atoms. The third kappa shape index (κ3) is 3.58. The molecule has 3 rings (SSSR count). The Labute approximate surface area is 146 Å². The van der Waals surface area contributed by atoms with E-state index in [1.54, 1.807) is 24.3 Å². The second-order valence-electron chi connectivity index (χ2n) is 6.18. The largest absolute Gasteiger partial charge is 0.326 e. The molecule has 0 aliphatic rings. The summed E-state index contributed by atoms with van der Waals surface area (Å²) in [7, 11) is 0. The lowest BCUT2D eigenvalue weighted by molar-refractivity contribution is -0.115. The fourth-order valence-electron chi connectivity index (χ4n) is 3.01. The molecule has 1 amide bonds. The molecular weight excluding hydrogens is 312 g/mol. The van der Waals surface area contributed by atoms with Crippen LogP contribution < -0.4 is 5.32 Å². The first-order chi connectivity index (χ1) is 12.0. The highest BCUT2D eigenvalue weighted by Gasteiger charge is 2.13. The van der Waals surface area contributed by atoms with Gasteiger partial charge in [0.25, 0.3) is 0 Å². The van der Waals surface area contributed by atoms with Gasteiger partial charge < -0.3 is 5.32 Å². The summed E-state index contributed by atoms with van der Waals surface area (Å²) in [6.45, 7) is 5.46. The number of hydrogen-bond donors (Lipinski definition) is 1. The van der Waals surface area contributed by atoms with E-state index in [-0.39, 0.29) is 18.1 Å². The van der Waals surface area contributed by atoms with E-state index < -0.39 is 0 Å². The van der Waals surface area contributed by atoms with Crippen molar-refractivity contribution in [2.24, 2.45) is 0 Å². The molecule has 25 heavy (non-hydrogen) atoms. The number of aromatic nitrogens is 1. The number of Topliss-reactive ketones (excluding diaryl/α,β-unsaturated/α-hetero) is 1. The van der Waals surface area contributed by atoms with Crippen LogP contribution in [0.25, 0.3) is 10.9 Å². The van der Waals surface area contributed by atoms with Gasteiger partial charge in [0.2, 0.25) is 5.91 Å². The first kappa shape index (κ1) is 16.8. The second kappa shape index (κ2) is 6.85. The maximum atomic E-state index is 12.5. The van der Waals surface area contributed by atoms with Gasteiger partial charge in [0.05, 0.1) is 11.9 Å². The number of anilines is 1. The van der Waals surface area contributed by atoms with Crippen LogP contribution in [0.4, 0.5) is 5.69 Å². The number of pyridine rings is 1. The summed E-state index contributed by atoms with van der Waals surface area (Å²) in [5, 5.41) is 3.93. The number of carbonyl (C=O) groups is 2. The Balaban J connectivity index is 1.85. The summed E-state index contributed by atoms with van der Waals surface area (Å²) in [4.78, 5) is 28.6. The molecule has 1 aromatic heterocycles. The van der Waals surface area contributed by atoms with Crippen LogP contribution in [0.2, 0.25) is 0 Å². The van der Waals surface area contributed by atoms with Gasteiger partial charge in [-0.05, 0) is 50.1 Å². The van der Waals surface area contributed by atoms with E-state index in [1.807, 2.05) is 38.1 Å². The third-order valence-corrected chi connectivity index (χ3v) is 4.38. The second-order valence-corrected chi connectivity index (χ2v) is 6.18. The zero-order chi connectivity index (χ0) is 18.0. The molecule has 0 saturated carbocycles. The van der Waals surface area contributed by atoms with Crippen LogP contribution in [-0.4, -0.2) is 16.7 Å². The predicted octanol–water partition coefficient (Wildman–Crippen LogP) is 4.24. The number of aryl methyl sites for hydroxylation is 2. The third-order valence-electron chi connectivity index (χ3n) is 4.38. The van der Waals surface area contributed by atoms with Crippen LogP contribution in [-0.2, 0) is 11.2 Å². The number of hydrogen-bond acceptors (Lipinski definition) is 3. The van der Waals surface area contributed by atoms with E-state index in [9.17, 15) is 9.59 Å². The Morgan fingerprint density at radius 1 is 1.04 bits per heavy atom. The number of ketones is 1. The first-order valence-electron chi connectivity index (χ1n) is 8.21. The highest BCUT2D eigenvalue weighted by molar-refractivity contribution is 5.98. The Bertz CT molecular complexity index is 977. The highest BCUT2D eigenvalue weighted by Crippen LogP contribution is 2.23. The summed E-state index contributed by atoms with van der Waals surface area (Å²) in [5.74, 6) is -0.148. The van der Waals surface area contributed by atoms with Crippen LogP contribution in [0, 0.1) is 13.8 Å². The maximum Gasteiger partial charge on any atom is 0.228 e. The molecule has 0 aliphatic carbocycles. The molecule has 0 fully saturated rings. The number of rotatable bonds is 4. The van der Waals surface area contributed by atoms with Crippen molar-refractivity contribution in [3.63, 3.8) is 0 Å². The summed E-state index contributed by atoms with van der Waals surface area (Å²) >= 11 is 0. The van der Waals surface area contributed by atoms with Crippen molar-refractivity contribution < 1.29 is 9.59 Å². The fraction of sp³-hybridized carbons (Fsp3) is 0.190. The topological polar surface area (TPSA) is 59.1 Å². The van der Waals surface area contributed by atoms with Crippen molar-refractivity contribution >= 4 is 28.3 Å². The van der Waals surface area contributed by atoms with Crippen LogP contribution in [0.15, 0.2) is 48.5 Å². The number of benzene rings is 2. The molecule has 3 aromatic rings. The van der Waals surface area contributed by atoms with Crippen molar-refractivity contribution in [1.82, 2.24) is 4.98 Å². The number of amides is 1. The summed E-state index contributed by atoms with van der Waals surface area (Å²) in [6, 6.07) is 14.9. The zero-order valence-corrected chi connectivity index (χ0v) is 14.6. The monoisotopic (exact) mass is 332 g/mol. The minimum absolute atomic E-state index is 0.0264. The maximum absolute atomic E-state index is 12.5. The van der Waals surface area contributed by atoms with Gasteiger partial charge in [-0.3, -0.25) is 14.6 Å². The van der Waals surface area contributed by atoms with Crippen molar-refractivity contribution in [2.75, 3.05) is 5.32 Å². The lowest BCUT2D eigenvalue weighted by Crippen LogP contribution is -2.16. The Hall–Kier alpha value is -3.01. The smallest absolute Gasteiger partial charge is 0.228 e. The van der Waals surface area contributed by atoms with Crippen molar-refractivity contribution in [3.05, 3.63) is 70.9 Å². The summed E-state index contributed by atoms with van der Waals surface area (Å²) < 4.78 is 0. The molecule has 2 aromatic carbocycles. The van der Waals surface area contributed by atoms with E-state index in [0.29, 0.717) is 11.3 Å². The number of nitrogens with one attached hydrogen (secondary N) is 1. The molecule has 0 aliphatic heterocycles. The average molecular weight is 332 g/mol. The van der Waals surface area contributed by atoms with E-state index in [4.69, 9.17) is 0 Å². The zero-order valence-electron chi connectivity index (χ0n) is 14.6. The Kier molecular flexibility index (Phi) is 4.61. The number of fused-ring (bicyclic) bond motifs is 1. The summed E-state index contributed by atoms with van der Waals surface area (Å²) in [5.41, 5.74) is 5.04. The van der Waals surface area contributed by atoms with Crippen molar-refractivity contribution in [3.8, 4) is 0 Å². The van der Waals surface area contributed by atoms with E-state index in [1.165, 1.54) is 6.92 Å². The van der Waals surface area contributed by atoms with Gasteiger partial charge in [0.15, 0.2) is 5.78 Å². The highest BCUT2D eigenvalue weighted by atomic mass is 16.1. The van der Waals surface area contributed by atoms with Gasteiger partial charge in [-0.1, -0.05) is 30.3 Å². The van der Waals surface area contributed by atoms with Gasteiger partial charge in [0.1, 0.15) is 0 Å². The molecule has 0 saturated heterocycles. The molecule has 0 radical (unpaired) electrons. The van der Waals surface area contributed by atoms with Crippen LogP contribution in [0.3, 0.4) is 0 Å². The molecule has 1 N–H and O–H groups in total. The molecule has 0 spiro atoms. The molecule has 0 atom stereocenters. The SMILES string of the molecule is CC(=O)c1cccc(NC(=O)Cc2c(C)nc3ccccc3c2C)c1. The van der Waals surface area contributed by atoms with Gasteiger partial charge in [-0.15, -0.1) is 0 Å². The van der Waals surface area contributed by atoms with Gasteiger partial charge in [-0.25, -0.2) is 0 Å². The quantitative estimate of drug-likeness (QED) is 0.727. The fourth-order valence-corrected chi connectivity index (χ4v) is 3.01. The molecule has 4 heteroatoms. The van der Waals surface area contributed by atoms with E-state index >= 15 is 0 Å². The van der Waals surface area contributed by atoms with Crippen LogP contribution >= 0.6 is 0 Å². The predicted molar refractivity (Wildman–Crippen MR) is 100.0 cm³/mol. The lowest BCUT2D eigenvalue weighted by Gasteiger charge is -2.13. The van der Waals surface area contributed by atoms with Crippen molar-refractivity contribution in [2.45, 2.75) is 27.2 Å². The van der Waals surface area contributed by atoms with Gasteiger partial charge in [0, 0.05) is 22.3 Å². The van der Waals surface area contributed by atoms with Crippen LogP contribution in [0.5, 0.6) is 0 Å². The van der Waals surface area contributed by atoms with E-state index in [0.717, 1.165) is 27.7 Å². The lowest BCUT2D eigenvalue weighted by atomic mass is 9.99. The molecule has 0 unspecified atom stereocenters. The van der Waals surface area contributed by atoms with E-state index in [2.05, 4.69) is 10.3 Å². The number of carbonyl (C=O) groups excluding carboxylic acids is 2. The standard InChI is InChI=1S/C21H20N2O2/c1-13-18-9-4-5-10-20(18)22-14(2)19(13)12-21(25)23-17-8-6-7-16(11-17)15(3)24/h4-11H,12H2,1-3H3,(H,23,25). The van der Waals surface area contributed by atoms with Gasteiger partial charge >= 0.3 is 0 Å². The molecule has 1 heterocycles.